The number of hydrogen-bond acceptors (Lipinski definition) is 2. The molecule has 0 aromatic rings. The predicted molar refractivity (Wildman–Crippen MR) is 81.3 cm³/mol. The zero-order chi connectivity index (χ0) is 13.5. The standard InChI is InChI=1S/C17H32N2/c1-13-10-17(2,3)11-16(13)19(15-7-8-15)12-14-6-4-5-9-18-14/h13-16,18H,4-12H2,1-3H3. The molecule has 2 saturated carbocycles. The van der Waals surface area contributed by atoms with Crippen molar-refractivity contribution in [3.05, 3.63) is 0 Å². The lowest BCUT2D eigenvalue weighted by Gasteiger charge is -2.37. The minimum absolute atomic E-state index is 0.567. The van der Waals surface area contributed by atoms with Crippen molar-refractivity contribution >= 4 is 0 Å². The van der Waals surface area contributed by atoms with Crippen molar-refractivity contribution in [2.75, 3.05) is 13.1 Å². The van der Waals surface area contributed by atoms with Crippen LogP contribution in [0.4, 0.5) is 0 Å². The second-order valence-electron chi connectivity index (χ2n) is 8.19. The molecule has 0 aromatic heterocycles. The van der Waals surface area contributed by atoms with E-state index in [2.05, 4.69) is 31.0 Å². The number of piperidine rings is 1. The van der Waals surface area contributed by atoms with E-state index in [-0.39, 0.29) is 0 Å². The average molecular weight is 264 g/mol. The maximum absolute atomic E-state index is 3.75. The highest BCUT2D eigenvalue weighted by atomic mass is 15.2. The van der Waals surface area contributed by atoms with Gasteiger partial charge >= 0.3 is 0 Å². The number of rotatable bonds is 4. The molecule has 1 saturated heterocycles. The molecule has 110 valence electrons. The molecular weight excluding hydrogens is 232 g/mol. The van der Waals surface area contributed by atoms with E-state index in [0.717, 1.165) is 24.0 Å². The van der Waals surface area contributed by atoms with E-state index in [4.69, 9.17) is 0 Å². The van der Waals surface area contributed by atoms with E-state index in [1.54, 1.807) is 0 Å². The molecule has 1 N–H and O–H groups in total. The molecule has 0 bridgehead atoms. The molecule has 0 radical (unpaired) electrons. The minimum Gasteiger partial charge on any atom is -0.313 e. The molecule has 3 rings (SSSR count). The summed E-state index contributed by atoms with van der Waals surface area (Å²) in [5.41, 5.74) is 0.567. The zero-order valence-corrected chi connectivity index (χ0v) is 13.1. The van der Waals surface area contributed by atoms with Crippen LogP contribution in [-0.2, 0) is 0 Å². The van der Waals surface area contributed by atoms with Crippen molar-refractivity contribution < 1.29 is 0 Å². The predicted octanol–water partition coefficient (Wildman–Crippen LogP) is 3.42. The summed E-state index contributed by atoms with van der Waals surface area (Å²) < 4.78 is 0. The van der Waals surface area contributed by atoms with Gasteiger partial charge in [0.25, 0.3) is 0 Å². The van der Waals surface area contributed by atoms with Gasteiger partial charge in [-0.15, -0.1) is 0 Å². The van der Waals surface area contributed by atoms with Crippen molar-refractivity contribution in [2.24, 2.45) is 11.3 Å². The first-order chi connectivity index (χ1) is 9.05. The summed E-state index contributed by atoms with van der Waals surface area (Å²) in [5, 5.41) is 3.75. The van der Waals surface area contributed by atoms with Crippen molar-refractivity contribution in [1.82, 2.24) is 10.2 Å². The largest absolute Gasteiger partial charge is 0.313 e. The van der Waals surface area contributed by atoms with Gasteiger partial charge in [-0.1, -0.05) is 27.2 Å². The van der Waals surface area contributed by atoms with Crippen LogP contribution in [0.5, 0.6) is 0 Å². The lowest BCUT2D eigenvalue weighted by atomic mass is 9.91. The molecule has 3 aliphatic rings. The SMILES string of the molecule is CC1CC(C)(C)CC1N(CC1CCCCN1)C1CC1. The number of nitrogens with one attached hydrogen (secondary N) is 1. The highest BCUT2D eigenvalue weighted by Gasteiger charge is 2.44. The van der Waals surface area contributed by atoms with E-state index >= 15 is 0 Å². The first-order valence-electron chi connectivity index (χ1n) is 8.54. The number of nitrogens with zero attached hydrogens (tertiary/aromatic N) is 1. The van der Waals surface area contributed by atoms with Gasteiger partial charge in [0.2, 0.25) is 0 Å². The van der Waals surface area contributed by atoms with E-state index in [0.29, 0.717) is 5.41 Å². The maximum atomic E-state index is 3.75. The fourth-order valence-corrected chi connectivity index (χ4v) is 4.60. The molecule has 3 fully saturated rings. The molecule has 2 aliphatic carbocycles. The normalized spacial score (nSPS) is 38.8. The highest BCUT2D eigenvalue weighted by molar-refractivity contribution is 4.99. The van der Waals surface area contributed by atoms with Gasteiger partial charge < -0.3 is 5.32 Å². The Morgan fingerprint density at radius 3 is 2.42 bits per heavy atom. The molecule has 19 heavy (non-hydrogen) atoms. The van der Waals surface area contributed by atoms with Crippen LogP contribution < -0.4 is 5.32 Å². The van der Waals surface area contributed by atoms with Gasteiger partial charge in [0.05, 0.1) is 0 Å². The molecule has 2 nitrogen and oxygen atoms in total. The summed E-state index contributed by atoms with van der Waals surface area (Å²) in [5.74, 6) is 0.888. The second kappa shape index (κ2) is 5.37. The van der Waals surface area contributed by atoms with E-state index < -0.39 is 0 Å². The number of hydrogen-bond donors (Lipinski definition) is 1. The van der Waals surface area contributed by atoms with Gasteiger partial charge in [0.15, 0.2) is 0 Å². The smallest absolute Gasteiger partial charge is 0.0195 e. The van der Waals surface area contributed by atoms with Crippen molar-refractivity contribution in [3.63, 3.8) is 0 Å². The third kappa shape index (κ3) is 3.33. The van der Waals surface area contributed by atoms with Crippen LogP contribution in [0.25, 0.3) is 0 Å². The van der Waals surface area contributed by atoms with E-state index in [1.807, 2.05) is 0 Å². The van der Waals surface area contributed by atoms with Crippen LogP contribution in [-0.4, -0.2) is 36.1 Å². The van der Waals surface area contributed by atoms with Gasteiger partial charge in [-0.2, -0.15) is 0 Å². The topological polar surface area (TPSA) is 15.3 Å². The third-order valence-electron chi connectivity index (χ3n) is 5.58. The van der Waals surface area contributed by atoms with Crippen molar-refractivity contribution in [1.29, 1.82) is 0 Å². The lowest BCUT2D eigenvalue weighted by molar-refractivity contribution is 0.129. The molecule has 0 spiro atoms. The molecule has 0 amide bonds. The maximum Gasteiger partial charge on any atom is 0.0195 e. The fourth-order valence-electron chi connectivity index (χ4n) is 4.60. The van der Waals surface area contributed by atoms with Crippen LogP contribution in [0.15, 0.2) is 0 Å². The molecule has 3 atom stereocenters. The lowest BCUT2D eigenvalue weighted by Crippen LogP contribution is -2.49. The quantitative estimate of drug-likeness (QED) is 0.837. The first-order valence-corrected chi connectivity index (χ1v) is 8.54. The van der Waals surface area contributed by atoms with E-state index in [9.17, 15) is 0 Å². The molecule has 0 aromatic carbocycles. The Morgan fingerprint density at radius 1 is 1.11 bits per heavy atom. The van der Waals surface area contributed by atoms with Gasteiger partial charge in [0, 0.05) is 24.7 Å². The third-order valence-corrected chi connectivity index (χ3v) is 5.58. The van der Waals surface area contributed by atoms with Crippen LogP contribution in [0.1, 0.15) is 65.7 Å². The summed E-state index contributed by atoms with van der Waals surface area (Å²) in [4.78, 5) is 2.91. The van der Waals surface area contributed by atoms with Crippen molar-refractivity contribution in [3.8, 4) is 0 Å². The van der Waals surface area contributed by atoms with Crippen molar-refractivity contribution in [2.45, 2.75) is 83.8 Å². The Morgan fingerprint density at radius 2 is 1.89 bits per heavy atom. The van der Waals surface area contributed by atoms with Crippen LogP contribution in [0.3, 0.4) is 0 Å². The summed E-state index contributed by atoms with van der Waals surface area (Å²) in [6.45, 7) is 9.98. The first kappa shape index (κ1) is 13.9. The average Bonchev–Trinajstić information content (AvgIpc) is 3.14. The zero-order valence-electron chi connectivity index (χ0n) is 13.1. The van der Waals surface area contributed by atoms with Crippen LogP contribution >= 0.6 is 0 Å². The Kier molecular flexibility index (Phi) is 3.92. The summed E-state index contributed by atoms with van der Waals surface area (Å²) >= 11 is 0. The monoisotopic (exact) mass is 264 g/mol. The van der Waals surface area contributed by atoms with Gasteiger partial charge in [-0.05, 0) is 56.4 Å². The van der Waals surface area contributed by atoms with Gasteiger partial charge in [0.1, 0.15) is 0 Å². The Bertz CT molecular complexity index is 302. The van der Waals surface area contributed by atoms with Gasteiger partial charge in [-0.25, -0.2) is 0 Å². The van der Waals surface area contributed by atoms with Crippen LogP contribution in [0, 0.1) is 11.3 Å². The highest BCUT2D eigenvalue weighted by Crippen LogP contribution is 2.46. The summed E-state index contributed by atoms with van der Waals surface area (Å²) in [7, 11) is 0. The molecule has 1 aliphatic heterocycles. The Hall–Kier alpha value is -0.0800. The summed E-state index contributed by atoms with van der Waals surface area (Å²) in [6, 6.07) is 2.54. The Balaban J connectivity index is 1.63. The second-order valence-corrected chi connectivity index (χ2v) is 8.19. The Labute approximate surface area is 119 Å². The van der Waals surface area contributed by atoms with Crippen LogP contribution in [0.2, 0.25) is 0 Å². The van der Waals surface area contributed by atoms with E-state index in [1.165, 1.54) is 58.0 Å². The fraction of sp³-hybridized carbons (Fsp3) is 1.00. The summed E-state index contributed by atoms with van der Waals surface area (Å²) in [6.07, 6.45) is 9.95. The molecule has 2 heteroatoms. The minimum atomic E-state index is 0.567. The van der Waals surface area contributed by atoms with Gasteiger partial charge in [-0.3, -0.25) is 4.90 Å². The molecular formula is C17H32N2. The molecule has 1 heterocycles. The molecule has 3 unspecified atom stereocenters.